The highest BCUT2D eigenvalue weighted by atomic mass is 16.5. The summed E-state index contributed by atoms with van der Waals surface area (Å²) in [5.74, 6) is 5.87. The Hall–Kier alpha value is -2.53. The van der Waals surface area contributed by atoms with Gasteiger partial charge in [0.05, 0.1) is 11.8 Å². The fourth-order valence-electron chi connectivity index (χ4n) is 1.84. The number of allylic oxidation sites excluding steroid dienone is 1. The van der Waals surface area contributed by atoms with Gasteiger partial charge in [-0.25, -0.2) is 5.84 Å². The van der Waals surface area contributed by atoms with Crippen LogP contribution in [0.2, 0.25) is 0 Å². The summed E-state index contributed by atoms with van der Waals surface area (Å²) in [5, 5.41) is 0. The molecule has 0 saturated heterocycles. The standard InChI is InChI=1S/C15H16N2O3/c1-2-5-11-6-3-4-7-13(11)20-10-14-12(8-9-19-14)15(18)17-16/h2-4,6-9H,1,5,10,16H2,(H,17,18). The summed E-state index contributed by atoms with van der Waals surface area (Å²) in [7, 11) is 0. The lowest BCUT2D eigenvalue weighted by molar-refractivity contribution is 0.0949. The zero-order valence-electron chi connectivity index (χ0n) is 11.0. The first kappa shape index (κ1) is 13.9. The van der Waals surface area contributed by atoms with Crippen LogP contribution in [0.4, 0.5) is 0 Å². The number of benzene rings is 1. The van der Waals surface area contributed by atoms with Gasteiger partial charge in [-0.1, -0.05) is 24.3 Å². The minimum atomic E-state index is -0.406. The first-order chi connectivity index (χ1) is 9.76. The van der Waals surface area contributed by atoms with E-state index in [1.807, 2.05) is 30.3 Å². The molecule has 1 amide bonds. The number of hydrazine groups is 1. The zero-order valence-corrected chi connectivity index (χ0v) is 11.0. The Labute approximate surface area is 117 Å². The number of hydrogen-bond donors (Lipinski definition) is 2. The quantitative estimate of drug-likeness (QED) is 0.366. The second kappa shape index (κ2) is 6.58. The van der Waals surface area contributed by atoms with Crippen LogP contribution in [0.5, 0.6) is 5.75 Å². The lowest BCUT2D eigenvalue weighted by atomic mass is 10.1. The van der Waals surface area contributed by atoms with E-state index in [9.17, 15) is 4.79 Å². The summed E-state index contributed by atoms with van der Waals surface area (Å²) in [6.45, 7) is 3.87. The molecule has 0 aliphatic heterocycles. The van der Waals surface area contributed by atoms with Crippen LogP contribution < -0.4 is 16.0 Å². The summed E-state index contributed by atoms with van der Waals surface area (Å²) >= 11 is 0. The van der Waals surface area contributed by atoms with E-state index in [1.165, 1.54) is 6.26 Å². The number of ether oxygens (including phenoxy) is 1. The molecule has 0 atom stereocenters. The van der Waals surface area contributed by atoms with Crippen LogP contribution in [0.25, 0.3) is 0 Å². The number of nitrogens with two attached hydrogens (primary N) is 1. The molecule has 2 rings (SSSR count). The van der Waals surface area contributed by atoms with E-state index >= 15 is 0 Å². The Balaban J connectivity index is 2.11. The van der Waals surface area contributed by atoms with E-state index in [4.69, 9.17) is 15.0 Å². The van der Waals surface area contributed by atoms with Crippen molar-refractivity contribution in [1.82, 2.24) is 5.43 Å². The topological polar surface area (TPSA) is 77.5 Å². The monoisotopic (exact) mass is 272 g/mol. The Morgan fingerprint density at radius 2 is 2.20 bits per heavy atom. The predicted octanol–water partition coefficient (Wildman–Crippen LogP) is 2.19. The Morgan fingerprint density at radius 1 is 1.40 bits per heavy atom. The molecule has 5 nitrogen and oxygen atoms in total. The average Bonchev–Trinajstić information content (AvgIpc) is 2.94. The van der Waals surface area contributed by atoms with E-state index < -0.39 is 5.91 Å². The Morgan fingerprint density at radius 3 is 2.95 bits per heavy atom. The van der Waals surface area contributed by atoms with Gasteiger partial charge in [0.15, 0.2) is 5.76 Å². The molecule has 5 heteroatoms. The van der Waals surface area contributed by atoms with Crippen LogP contribution in [0.3, 0.4) is 0 Å². The zero-order chi connectivity index (χ0) is 14.4. The molecular formula is C15H16N2O3. The maximum absolute atomic E-state index is 11.5. The van der Waals surface area contributed by atoms with E-state index in [0.29, 0.717) is 17.7 Å². The second-order valence-corrected chi connectivity index (χ2v) is 4.12. The van der Waals surface area contributed by atoms with Gasteiger partial charge in [-0.2, -0.15) is 0 Å². The average molecular weight is 272 g/mol. The summed E-state index contributed by atoms with van der Waals surface area (Å²) in [6.07, 6.45) is 3.95. The van der Waals surface area contributed by atoms with Crippen LogP contribution in [-0.4, -0.2) is 5.91 Å². The third-order valence-corrected chi connectivity index (χ3v) is 2.82. The van der Waals surface area contributed by atoms with Crippen molar-refractivity contribution in [3.05, 3.63) is 66.1 Å². The van der Waals surface area contributed by atoms with Crippen molar-refractivity contribution in [3.63, 3.8) is 0 Å². The van der Waals surface area contributed by atoms with Gasteiger partial charge in [0, 0.05) is 0 Å². The highest BCUT2D eigenvalue weighted by molar-refractivity contribution is 5.94. The van der Waals surface area contributed by atoms with Crippen molar-refractivity contribution in [1.29, 1.82) is 0 Å². The number of rotatable bonds is 6. The molecule has 0 radical (unpaired) electrons. The summed E-state index contributed by atoms with van der Waals surface area (Å²) in [5.41, 5.74) is 3.47. The van der Waals surface area contributed by atoms with Gasteiger partial charge in [0.2, 0.25) is 0 Å². The molecule has 0 aliphatic carbocycles. The van der Waals surface area contributed by atoms with Crippen LogP contribution in [0, 0.1) is 0 Å². The van der Waals surface area contributed by atoms with Gasteiger partial charge >= 0.3 is 0 Å². The smallest absolute Gasteiger partial charge is 0.268 e. The number of carbonyl (C=O) groups excluding carboxylic acids is 1. The lowest BCUT2D eigenvalue weighted by Crippen LogP contribution is -2.30. The van der Waals surface area contributed by atoms with Crippen molar-refractivity contribution in [2.24, 2.45) is 5.84 Å². The molecular weight excluding hydrogens is 256 g/mol. The first-order valence-corrected chi connectivity index (χ1v) is 6.15. The van der Waals surface area contributed by atoms with Crippen molar-refractivity contribution in [3.8, 4) is 5.75 Å². The van der Waals surface area contributed by atoms with Crippen molar-refractivity contribution < 1.29 is 13.9 Å². The number of carbonyl (C=O) groups is 1. The maximum Gasteiger partial charge on any atom is 0.268 e. The van der Waals surface area contributed by atoms with Gasteiger partial charge in [-0.3, -0.25) is 10.2 Å². The maximum atomic E-state index is 11.5. The summed E-state index contributed by atoms with van der Waals surface area (Å²) < 4.78 is 11.0. The van der Waals surface area contributed by atoms with E-state index in [2.05, 4.69) is 12.0 Å². The minimum absolute atomic E-state index is 0.157. The largest absolute Gasteiger partial charge is 0.485 e. The molecule has 104 valence electrons. The molecule has 0 bridgehead atoms. The summed E-state index contributed by atoms with van der Waals surface area (Å²) in [4.78, 5) is 11.5. The molecule has 0 fully saturated rings. The molecule has 0 spiro atoms. The van der Waals surface area contributed by atoms with E-state index in [0.717, 1.165) is 11.3 Å². The third kappa shape index (κ3) is 3.07. The van der Waals surface area contributed by atoms with E-state index in [1.54, 1.807) is 6.07 Å². The molecule has 3 N–H and O–H groups in total. The number of hydrogen-bond acceptors (Lipinski definition) is 4. The van der Waals surface area contributed by atoms with Crippen molar-refractivity contribution in [2.45, 2.75) is 13.0 Å². The molecule has 1 aromatic carbocycles. The first-order valence-electron chi connectivity index (χ1n) is 6.15. The predicted molar refractivity (Wildman–Crippen MR) is 75.0 cm³/mol. The van der Waals surface area contributed by atoms with Crippen molar-refractivity contribution in [2.75, 3.05) is 0 Å². The fraction of sp³-hybridized carbons (Fsp3) is 0.133. The molecule has 1 aromatic heterocycles. The Bertz CT molecular complexity index is 605. The molecule has 2 aromatic rings. The van der Waals surface area contributed by atoms with Crippen molar-refractivity contribution >= 4 is 5.91 Å². The lowest BCUT2D eigenvalue weighted by Gasteiger charge is -2.09. The number of furan rings is 1. The molecule has 1 heterocycles. The van der Waals surface area contributed by atoms with Gasteiger partial charge < -0.3 is 9.15 Å². The second-order valence-electron chi connectivity index (χ2n) is 4.12. The number of para-hydroxylation sites is 1. The molecule has 0 unspecified atom stereocenters. The van der Waals surface area contributed by atoms with Crippen LogP contribution >= 0.6 is 0 Å². The van der Waals surface area contributed by atoms with Gasteiger partial charge in [0.25, 0.3) is 5.91 Å². The van der Waals surface area contributed by atoms with Crippen LogP contribution in [0.15, 0.2) is 53.7 Å². The van der Waals surface area contributed by atoms with Crippen LogP contribution in [0.1, 0.15) is 21.7 Å². The Kier molecular flexibility index (Phi) is 4.57. The van der Waals surface area contributed by atoms with Gasteiger partial charge in [-0.15, -0.1) is 6.58 Å². The number of nitrogen functional groups attached to an aromatic ring is 1. The van der Waals surface area contributed by atoms with Gasteiger partial charge in [-0.05, 0) is 24.1 Å². The molecule has 20 heavy (non-hydrogen) atoms. The molecule has 0 saturated carbocycles. The fourth-order valence-corrected chi connectivity index (χ4v) is 1.84. The minimum Gasteiger partial charge on any atom is -0.485 e. The van der Waals surface area contributed by atoms with Gasteiger partial charge in [0.1, 0.15) is 12.4 Å². The highest BCUT2D eigenvalue weighted by Crippen LogP contribution is 2.21. The molecule has 0 aliphatic rings. The third-order valence-electron chi connectivity index (χ3n) is 2.82. The normalized spacial score (nSPS) is 10.1. The number of amides is 1. The SMILES string of the molecule is C=CCc1ccccc1OCc1occc1C(=O)NN. The summed E-state index contributed by atoms with van der Waals surface area (Å²) in [6, 6.07) is 9.21. The van der Waals surface area contributed by atoms with E-state index in [-0.39, 0.29) is 6.61 Å². The highest BCUT2D eigenvalue weighted by Gasteiger charge is 2.14. The van der Waals surface area contributed by atoms with Crippen LogP contribution in [-0.2, 0) is 13.0 Å². The number of nitrogens with one attached hydrogen (secondary N) is 1.